The highest BCUT2D eigenvalue weighted by atomic mass is 16.2. The second-order valence-corrected chi connectivity index (χ2v) is 8.84. The lowest BCUT2D eigenvalue weighted by molar-refractivity contribution is 0.164. The lowest BCUT2D eigenvalue weighted by Gasteiger charge is -2.32. The van der Waals surface area contributed by atoms with Crippen molar-refractivity contribution in [2.75, 3.05) is 63.1 Å². The average Bonchev–Trinajstić information content (AvgIpc) is 3.32. The van der Waals surface area contributed by atoms with Crippen molar-refractivity contribution in [2.24, 2.45) is 0 Å². The highest BCUT2D eigenvalue weighted by Gasteiger charge is 2.33. The number of hydrogen-bond acceptors (Lipinski definition) is 4. The molecule has 2 unspecified atom stereocenters. The first-order chi connectivity index (χ1) is 13.5. The van der Waals surface area contributed by atoms with E-state index in [9.17, 15) is 4.79 Å². The van der Waals surface area contributed by atoms with Crippen molar-refractivity contribution in [1.29, 1.82) is 0 Å². The van der Waals surface area contributed by atoms with Crippen molar-refractivity contribution < 1.29 is 4.79 Å². The molecule has 0 bridgehead atoms. The van der Waals surface area contributed by atoms with Crippen molar-refractivity contribution in [3.05, 3.63) is 23.8 Å². The van der Waals surface area contributed by atoms with E-state index in [0.717, 1.165) is 56.6 Å². The van der Waals surface area contributed by atoms with Crippen LogP contribution in [0.15, 0.2) is 18.2 Å². The fourth-order valence-electron chi connectivity index (χ4n) is 4.93. The molecular formula is C22H35N5O. The van der Waals surface area contributed by atoms with E-state index in [1.54, 1.807) is 0 Å². The van der Waals surface area contributed by atoms with Gasteiger partial charge in [0.2, 0.25) is 0 Å². The van der Waals surface area contributed by atoms with Gasteiger partial charge in [-0.3, -0.25) is 4.90 Å². The molecule has 3 saturated heterocycles. The van der Waals surface area contributed by atoms with Gasteiger partial charge in [0, 0.05) is 62.7 Å². The molecule has 3 heterocycles. The van der Waals surface area contributed by atoms with Crippen LogP contribution < -0.4 is 10.2 Å². The number of likely N-dealkylation sites (N-methyl/N-ethyl adjacent to an activating group) is 1. The number of benzene rings is 1. The van der Waals surface area contributed by atoms with Crippen LogP contribution in [0.4, 0.5) is 16.2 Å². The molecule has 6 nitrogen and oxygen atoms in total. The van der Waals surface area contributed by atoms with Crippen LogP contribution in [0.3, 0.4) is 0 Å². The van der Waals surface area contributed by atoms with Gasteiger partial charge in [0.05, 0.1) is 0 Å². The summed E-state index contributed by atoms with van der Waals surface area (Å²) in [5.74, 6) is 0. The van der Waals surface area contributed by atoms with Gasteiger partial charge in [-0.1, -0.05) is 0 Å². The van der Waals surface area contributed by atoms with E-state index in [0.29, 0.717) is 6.04 Å². The topological polar surface area (TPSA) is 42.1 Å². The maximum atomic E-state index is 12.6. The van der Waals surface area contributed by atoms with Crippen LogP contribution >= 0.6 is 0 Å². The summed E-state index contributed by atoms with van der Waals surface area (Å²) < 4.78 is 0. The molecule has 1 aromatic rings. The number of amides is 2. The highest BCUT2D eigenvalue weighted by molar-refractivity contribution is 5.90. The Bertz CT molecular complexity index is 700. The van der Waals surface area contributed by atoms with E-state index in [1.165, 1.54) is 31.5 Å². The molecule has 3 fully saturated rings. The average molecular weight is 386 g/mol. The molecule has 0 radical (unpaired) electrons. The minimum Gasteiger partial charge on any atom is -0.370 e. The molecule has 6 heteroatoms. The van der Waals surface area contributed by atoms with Crippen molar-refractivity contribution >= 4 is 17.4 Å². The molecule has 3 aliphatic rings. The molecule has 1 N–H and O–H groups in total. The molecule has 0 aromatic heterocycles. The number of hydrogen-bond donors (Lipinski definition) is 1. The van der Waals surface area contributed by atoms with Crippen LogP contribution in [0.5, 0.6) is 0 Å². The summed E-state index contributed by atoms with van der Waals surface area (Å²) >= 11 is 0. The number of nitrogens with one attached hydrogen (secondary N) is 1. The number of anilines is 2. The maximum absolute atomic E-state index is 12.6. The standard InChI is InChI=1S/C22H35N5O/c1-17-15-19(26-10-8-20(16-26)27-9-4-5-18(27)2)6-7-21(17)23-22(28)25-13-11-24(3)12-14-25/h6-7,15,18,20H,4-5,8-14,16H2,1-3H3,(H,23,28). The zero-order valence-corrected chi connectivity index (χ0v) is 17.7. The first-order valence-electron chi connectivity index (χ1n) is 10.9. The second-order valence-electron chi connectivity index (χ2n) is 8.84. The van der Waals surface area contributed by atoms with E-state index in [-0.39, 0.29) is 6.03 Å². The van der Waals surface area contributed by atoms with Crippen molar-refractivity contribution in [1.82, 2.24) is 14.7 Å². The zero-order chi connectivity index (χ0) is 19.7. The number of urea groups is 1. The van der Waals surface area contributed by atoms with E-state index < -0.39 is 0 Å². The van der Waals surface area contributed by atoms with Crippen LogP contribution in [0.1, 0.15) is 31.7 Å². The number of carbonyl (C=O) groups is 1. The molecule has 154 valence electrons. The smallest absolute Gasteiger partial charge is 0.321 e. The van der Waals surface area contributed by atoms with E-state index in [4.69, 9.17) is 0 Å². The maximum Gasteiger partial charge on any atom is 0.321 e. The van der Waals surface area contributed by atoms with Gasteiger partial charge >= 0.3 is 6.03 Å². The molecule has 28 heavy (non-hydrogen) atoms. The third-order valence-electron chi connectivity index (χ3n) is 6.84. The molecule has 2 amide bonds. The molecule has 3 aliphatic heterocycles. The number of rotatable bonds is 3. The van der Waals surface area contributed by atoms with Crippen LogP contribution in [-0.4, -0.2) is 85.7 Å². The first kappa shape index (κ1) is 19.5. The van der Waals surface area contributed by atoms with Gasteiger partial charge in [0.15, 0.2) is 0 Å². The molecule has 0 saturated carbocycles. The number of likely N-dealkylation sites (tertiary alicyclic amines) is 1. The number of nitrogens with zero attached hydrogens (tertiary/aromatic N) is 4. The molecular weight excluding hydrogens is 350 g/mol. The molecule has 0 aliphatic carbocycles. The van der Waals surface area contributed by atoms with Crippen LogP contribution in [0.25, 0.3) is 0 Å². The van der Waals surface area contributed by atoms with Crippen LogP contribution in [-0.2, 0) is 0 Å². The van der Waals surface area contributed by atoms with Gasteiger partial charge in [0.1, 0.15) is 0 Å². The Labute approximate surface area is 169 Å². The van der Waals surface area contributed by atoms with E-state index in [2.05, 4.69) is 59.1 Å². The summed E-state index contributed by atoms with van der Waals surface area (Å²) in [6, 6.07) is 7.92. The number of carbonyl (C=O) groups excluding carboxylic acids is 1. The predicted molar refractivity (Wildman–Crippen MR) is 115 cm³/mol. The largest absolute Gasteiger partial charge is 0.370 e. The SMILES string of the molecule is Cc1cc(N2CCC(N3CCCC3C)C2)ccc1NC(=O)N1CCN(C)CC1. The van der Waals surface area contributed by atoms with Crippen LogP contribution in [0.2, 0.25) is 0 Å². The Morgan fingerprint density at radius 3 is 2.54 bits per heavy atom. The fraction of sp³-hybridized carbons (Fsp3) is 0.682. The Morgan fingerprint density at radius 1 is 1.07 bits per heavy atom. The van der Waals surface area contributed by atoms with Gasteiger partial charge in [-0.15, -0.1) is 0 Å². The summed E-state index contributed by atoms with van der Waals surface area (Å²) in [7, 11) is 2.10. The first-order valence-corrected chi connectivity index (χ1v) is 10.9. The van der Waals surface area contributed by atoms with Crippen molar-refractivity contribution in [3.8, 4) is 0 Å². The second kappa shape index (κ2) is 8.29. The van der Waals surface area contributed by atoms with E-state index >= 15 is 0 Å². The van der Waals surface area contributed by atoms with Crippen LogP contribution in [0, 0.1) is 6.92 Å². The van der Waals surface area contributed by atoms with Gasteiger partial charge < -0.3 is 20.0 Å². The quantitative estimate of drug-likeness (QED) is 0.869. The minimum atomic E-state index is 0.0215. The summed E-state index contributed by atoms with van der Waals surface area (Å²) in [5, 5.41) is 3.11. The molecule has 1 aromatic carbocycles. The van der Waals surface area contributed by atoms with Crippen molar-refractivity contribution in [3.63, 3.8) is 0 Å². The summed E-state index contributed by atoms with van der Waals surface area (Å²) in [5.41, 5.74) is 3.35. The lowest BCUT2D eigenvalue weighted by Crippen LogP contribution is -2.48. The Balaban J connectivity index is 1.36. The minimum absolute atomic E-state index is 0.0215. The monoisotopic (exact) mass is 385 g/mol. The van der Waals surface area contributed by atoms with Gasteiger partial charge in [-0.2, -0.15) is 0 Å². The number of piperazine rings is 1. The Hall–Kier alpha value is -1.79. The molecule has 0 spiro atoms. The van der Waals surface area contributed by atoms with Gasteiger partial charge in [-0.25, -0.2) is 4.79 Å². The summed E-state index contributed by atoms with van der Waals surface area (Å²) in [4.78, 5) is 22.0. The van der Waals surface area contributed by atoms with Gasteiger partial charge in [0.25, 0.3) is 0 Å². The van der Waals surface area contributed by atoms with Crippen molar-refractivity contribution in [2.45, 2.75) is 45.2 Å². The number of aryl methyl sites for hydroxylation is 1. The fourth-order valence-corrected chi connectivity index (χ4v) is 4.93. The Kier molecular flexibility index (Phi) is 5.78. The third kappa shape index (κ3) is 4.13. The normalized spacial score (nSPS) is 26.8. The highest BCUT2D eigenvalue weighted by Crippen LogP contribution is 2.30. The molecule has 2 atom stereocenters. The van der Waals surface area contributed by atoms with Gasteiger partial charge in [-0.05, 0) is 70.5 Å². The van der Waals surface area contributed by atoms with E-state index in [1.807, 2.05) is 4.90 Å². The summed E-state index contributed by atoms with van der Waals surface area (Å²) in [6.07, 6.45) is 3.95. The predicted octanol–water partition coefficient (Wildman–Crippen LogP) is 2.84. The third-order valence-corrected chi connectivity index (χ3v) is 6.84. The summed E-state index contributed by atoms with van der Waals surface area (Å²) in [6.45, 7) is 11.4. The molecule has 4 rings (SSSR count). The Morgan fingerprint density at radius 2 is 1.86 bits per heavy atom. The lowest BCUT2D eigenvalue weighted by atomic mass is 10.1. The zero-order valence-electron chi connectivity index (χ0n) is 17.7.